The van der Waals surface area contributed by atoms with Gasteiger partial charge in [-0.15, -0.1) is 0 Å². The molecule has 7 heteroatoms. The van der Waals surface area contributed by atoms with Crippen LogP contribution in [0.25, 0.3) is 11.0 Å². The van der Waals surface area contributed by atoms with Crippen molar-refractivity contribution in [3.8, 4) is 0 Å². The van der Waals surface area contributed by atoms with Crippen LogP contribution < -0.4 is 5.73 Å². The summed E-state index contributed by atoms with van der Waals surface area (Å²) in [6.07, 6.45) is 1.83. The van der Waals surface area contributed by atoms with Crippen LogP contribution >= 0.6 is 11.6 Å². The van der Waals surface area contributed by atoms with Crippen molar-refractivity contribution in [2.75, 3.05) is 5.73 Å². The average Bonchev–Trinajstić information content (AvgIpc) is 2.84. The van der Waals surface area contributed by atoms with Crippen molar-refractivity contribution < 1.29 is 9.90 Å². The molecule has 0 saturated carbocycles. The molecule has 3 aromatic rings. The largest absolute Gasteiger partial charge is 0.478 e. The minimum atomic E-state index is -0.951. The molecule has 0 saturated heterocycles. The van der Waals surface area contributed by atoms with Crippen molar-refractivity contribution in [3.05, 3.63) is 52.3 Å². The molecule has 0 aliphatic rings. The Morgan fingerprint density at radius 1 is 1.36 bits per heavy atom. The molecular formula is C15H13ClN4O2. The van der Waals surface area contributed by atoms with E-state index in [1.807, 2.05) is 17.7 Å². The fraction of sp³-hybridized carbons (Fsp3) is 0.133. The van der Waals surface area contributed by atoms with Crippen LogP contribution in [0.5, 0.6) is 0 Å². The molecule has 0 aliphatic carbocycles. The van der Waals surface area contributed by atoms with Crippen molar-refractivity contribution in [1.82, 2.24) is 14.5 Å². The zero-order chi connectivity index (χ0) is 15.9. The van der Waals surface area contributed by atoms with Crippen LogP contribution in [0.3, 0.4) is 0 Å². The van der Waals surface area contributed by atoms with Gasteiger partial charge in [0.15, 0.2) is 5.15 Å². The Hall–Kier alpha value is -2.60. The number of benzene rings is 1. The number of hydrogen-bond donors (Lipinski definition) is 2. The number of carboxylic acids is 1. The van der Waals surface area contributed by atoms with Crippen molar-refractivity contribution in [3.63, 3.8) is 0 Å². The zero-order valence-corrected chi connectivity index (χ0v) is 12.5. The second kappa shape index (κ2) is 5.31. The Morgan fingerprint density at radius 3 is 2.86 bits per heavy atom. The topological polar surface area (TPSA) is 94.0 Å². The van der Waals surface area contributed by atoms with Gasteiger partial charge in [0, 0.05) is 12.7 Å². The number of nitrogen functional groups attached to an aromatic ring is 1. The zero-order valence-electron chi connectivity index (χ0n) is 11.7. The number of aromatic nitrogens is 3. The summed E-state index contributed by atoms with van der Waals surface area (Å²) in [5.74, 6) is -0.827. The van der Waals surface area contributed by atoms with Crippen molar-refractivity contribution in [2.24, 2.45) is 0 Å². The molecule has 0 fully saturated rings. The molecule has 3 N–H and O–H groups in total. The van der Waals surface area contributed by atoms with E-state index >= 15 is 0 Å². The van der Waals surface area contributed by atoms with Crippen molar-refractivity contribution in [1.29, 1.82) is 0 Å². The second-order valence-electron chi connectivity index (χ2n) is 5.00. The van der Waals surface area contributed by atoms with Gasteiger partial charge < -0.3 is 15.4 Å². The third kappa shape index (κ3) is 2.48. The first-order valence-electron chi connectivity index (χ1n) is 6.56. The lowest BCUT2D eigenvalue weighted by Gasteiger charge is -2.10. The predicted octanol–water partition coefficient (Wildman–Crippen LogP) is 2.72. The molecule has 0 aliphatic heterocycles. The highest BCUT2D eigenvalue weighted by Crippen LogP contribution is 2.24. The monoisotopic (exact) mass is 316 g/mol. The number of hydrogen-bond acceptors (Lipinski definition) is 4. The van der Waals surface area contributed by atoms with Crippen LogP contribution in [0.4, 0.5) is 5.95 Å². The number of nitrogens with zero attached hydrogens (tertiary/aromatic N) is 3. The number of carbonyl (C=O) groups is 1. The van der Waals surface area contributed by atoms with Gasteiger partial charge >= 0.3 is 5.97 Å². The molecule has 0 radical (unpaired) electrons. The van der Waals surface area contributed by atoms with E-state index in [4.69, 9.17) is 22.4 Å². The molecule has 6 nitrogen and oxygen atoms in total. The standard InChI is InChI=1S/C15H13ClN4O2/c1-8-2-3-9(14(21)22)6-10(8)7-20-5-4-11-12(20)13(16)19-15(17)18-11/h2-6H,7H2,1H3,(H,21,22)(H2,17,18,19). The van der Waals surface area contributed by atoms with Gasteiger partial charge in [0.2, 0.25) is 5.95 Å². The first-order chi connectivity index (χ1) is 10.5. The molecule has 2 aromatic heterocycles. The normalized spacial score (nSPS) is 11.0. The Labute approximate surface area is 131 Å². The van der Waals surface area contributed by atoms with Gasteiger partial charge in [-0.1, -0.05) is 17.7 Å². The summed E-state index contributed by atoms with van der Waals surface area (Å²) in [7, 11) is 0. The quantitative estimate of drug-likeness (QED) is 0.724. The summed E-state index contributed by atoms with van der Waals surface area (Å²) >= 11 is 6.15. The summed E-state index contributed by atoms with van der Waals surface area (Å²) in [5.41, 5.74) is 9.06. The average molecular weight is 317 g/mol. The Kier molecular flexibility index (Phi) is 3.46. The number of aryl methyl sites for hydroxylation is 1. The van der Waals surface area contributed by atoms with E-state index in [0.717, 1.165) is 11.1 Å². The molecule has 22 heavy (non-hydrogen) atoms. The lowest BCUT2D eigenvalue weighted by Crippen LogP contribution is -2.05. The van der Waals surface area contributed by atoms with Crippen LogP contribution in [0.15, 0.2) is 30.5 Å². The van der Waals surface area contributed by atoms with Gasteiger partial charge in [0.1, 0.15) is 5.52 Å². The second-order valence-corrected chi connectivity index (χ2v) is 5.35. The predicted molar refractivity (Wildman–Crippen MR) is 84.2 cm³/mol. The van der Waals surface area contributed by atoms with Crippen LogP contribution in [-0.2, 0) is 6.54 Å². The smallest absolute Gasteiger partial charge is 0.335 e. The van der Waals surface area contributed by atoms with Gasteiger partial charge in [0.05, 0.1) is 11.1 Å². The summed E-state index contributed by atoms with van der Waals surface area (Å²) in [5, 5.41) is 9.39. The maximum absolute atomic E-state index is 11.1. The molecule has 2 heterocycles. The Balaban J connectivity index is 2.07. The molecular weight excluding hydrogens is 304 g/mol. The van der Waals surface area contributed by atoms with E-state index in [-0.39, 0.29) is 16.7 Å². The van der Waals surface area contributed by atoms with Crippen molar-refractivity contribution in [2.45, 2.75) is 13.5 Å². The number of aromatic carboxylic acids is 1. The van der Waals surface area contributed by atoms with E-state index in [2.05, 4.69) is 9.97 Å². The number of halogens is 1. The molecule has 1 aromatic carbocycles. The van der Waals surface area contributed by atoms with Crippen LogP contribution in [0, 0.1) is 6.92 Å². The van der Waals surface area contributed by atoms with Gasteiger partial charge in [-0.25, -0.2) is 9.78 Å². The highest BCUT2D eigenvalue weighted by atomic mass is 35.5. The summed E-state index contributed by atoms with van der Waals surface area (Å²) in [6.45, 7) is 2.41. The van der Waals surface area contributed by atoms with E-state index in [1.165, 1.54) is 0 Å². The minimum absolute atomic E-state index is 0.124. The van der Waals surface area contributed by atoms with Crippen LogP contribution in [0.2, 0.25) is 5.15 Å². The van der Waals surface area contributed by atoms with E-state index < -0.39 is 5.97 Å². The van der Waals surface area contributed by atoms with Gasteiger partial charge in [0.25, 0.3) is 0 Å². The van der Waals surface area contributed by atoms with Crippen molar-refractivity contribution >= 4 is 34.6 Å². The molecule has 0 amide bonds. The molecule has 0 spiro atoms. The number of rotatable bonds is 3. The summed E-state index contributed by atoms with van der Waals surface area (Å²) in [6, 6.07) is 6.84. The number of nitrogens with two attached hydrogens (primary N) is 1. The molecule has 0 bridgehead atoms. The molecule has 3 rings (SSSR count). The van der Waals surface area contributed by atoms with E-state index in [1.54, 1.807) is 24.3 Å². The summed E-state index contributed by atoms with van der Waals surface area (Å²) in [4.78, 5) is 19.2. The van der Waals surface area contributed by atoms with Gasteiger partial charge in [-0.05, 0) is 36.2 Å². The Morgan fingerprint density at radius 2 is 2.14 bits per heavy atom. The SMILES string of the molecule is Cc1ccc(C(=O)O)cc1Cn1ccc2nc(N)nc(Cl)c21. The molecule has 0 unspecified atom stereocenters. The van der Waals surface area contributed by atoms with Crippen LogP contribution in [0.1, 0.15) is 21.5 Å². The maximum atomic E-state index is 11.1. The summed E-state index contributed by atoms with van der Waals surface area (Å²) < 4.78 is 1.88. The van der Waals surface area contributed by atoms with Crippen LogP contribution in [-0.4, -0.2) is 25.6 Å². The Bertz CT molecular complexity index is 889. The lowest BCUT2D eigenvalue weighted by molar-refractivity contribution is 0.0696. The van der Waals surface area contributed by atoms with E-state index in [9.17, 15) is 4.79 Å². The fourth-order valence-corrected chi connectivity index (χ4v) is 2.66. The number of fused-ring (bicyclic) bond motifs is 1. The first kappa shape index (κ1) is 14.3. The number of anilines is 1. The van der Waals surface area contributed by atoms with Gasteiger partial charge in [-0.3, -0.25) is 0 Å². The minimum Gasteiger partial charge on any atom is -0.478 e. The molecule has 112 valence electrons. The third-order valence-corrected chi connectivity index (χ3v) is 3.79. The maximum Gasteiger partial charge on any atom is 0.335 e. The highest BCUT2D eigenvalue weighted by Gasteiger charge is 2.12. The first-order valence-corrected chi connectivity index (χ1v) is 6.94. The highest BCUT2D eigenvalue weighted by molar-refractivity contribution is 6.33. The third-order valence-electron chi connectivity index (χ3n) is 3.52. The number of carboxylic acid groups (broad SMARTS) is 1. The van der Waals surface area contributed by atoms with Gasteiger partial charge in [-0.2, -0.15) is 4.98 Å². The molecule has 0 atom stereocenters. The fourth-order valence-electron chi connectivity index (χ4n) is 2.37. The lowest BCUT2D eigenvalue weighted by atomic mass is 10.0. The van der Waals surface area contributed by atoms with E-state index in [0.29, 0.717) is 17.6 Å².